The largest absolute Gasteiger partial charge is 0.464 e. The molecule has 2 heterocycles. The molecule has 21 heavy (non-hydrogen) atoms. The molecule has 0 fully saturated rings. The van der Waals surface area contributed by atoms with E-state index < -0.39 is 5.97 Å². The van der Waals surface area contributed by atoms with Crippen LogP contribution in [0.5, 0.6) is 0 Å². The summed E-state index contributed by atoms with van der Waals surface area (Å²) >= 11 is 0. The Morgan fingerprint density at radius 3 is 2.76 bits per heavy atom. The summed E-state index contributed by atoms with van der Waals surface area (Å²) in [6.07, 6.45) is 2.44. The molecule has 2 aromatic rings. The highest BCUT2D eigenvalue weighted by Gasteiger charge is 2.15. The quantitative estimate of drug-likeness (QED) is 0.715. The number of hydrogen-bond donors (Lipinski definition) is 3. The predicted molar refractivity (Wildman–Crippen MR) is 77.8 cm³/mol. The van der Waals surface area contributed by atoms with Crippen molar-refractivity contribution in [2.45, 2.75) is 19.0 Å². The molecule has 1 aromatic carbocycles. The molecular formula is C15H19N3O3. The summed E-state index contributed by atoms with van der Waals surface area (Å²) in [5.74, 6) is -0.396. The monoisotopic (exact) mass is 289 g/mol. The number of methoxy groups -OCH3 is 1. The van der Waals surface area contributed by atoms with Crippen LogP contribution in [0.15, 0.2) is 36.5 Å². The predicted octanol–water partition coefficient (Wildman–Crippen LogP) is 0.890. The summed E-state index contributed by atoms with van der Waals surface area (Å²) in [6.45, 7) is 1.12. The first-order valence-electron chi connectivity index (χ1n) is 6.73. The number of fused-ring (bicyclic) bond motifs is 1. The molecule has 3 N–H and O–H groups in total. The highest BCUT2D eigenvalue weighted by Crippen LogP contribution is 2.15. The summed E-state index contributed by atoms with van der Waals surface area (Å²) in [7, 11) is 1.32. The lowest BCUT2D eigenvalue weighted by Gasteiger charge is -2.24. The first-order valence-corrected chi connectivity index (χ1v) is 6.73. The molecule has 0 saturated carbocycles. The Balaban J connectivity index is 0.000000161. The third-order valence-corrected chi connectivity index (χ3v) is 3.29. The molecule has 1 aliphatic rings. The average molecular weight is 289 g/mol. The second-order valence-electron chi connectivity index (χ2n) is 4.70. The van der Waals surface area contributed by atoms with Crippen molar-refractivity contribution in [1.82, 2.24) is 15.5 Å². The van der Waals surface area contributed by atoms with Gasteiger partial charge in [-0.2, -0.15) is 5.10 Å². The molecule has 6 heteroatoms. The molecule has 112 valence electrons. The van der Waals surface area contributed by atoms with E-state index in [2.05, 4.69) is 44.5 Å². The van der Waals surface area contributed by atoms with Crippen LogP contribution in [0, 0.1) is 0 Å². The lowest BCUT2D eigenvalue weighted by molar-refractivity contribution is 0.0594. The zero-order valence-corrected chi connectivity index (χ0v) is 11.9. The van der Waals surface area contributed by atoms with Crippen LogP contribution >= 0.6 is 0 Å². The molecule has 0 saturated heterocycles. The number of carbonyl (C=O) groups excluding carboxylic acids is 1. The fourth-order valence-corrected chi connectivity index (χ4v) is 2.13. The van der Waals surface area contributed by atoms with Crippen molar-refractivity contribution in [3.05, 3.63) is 53.3 Å². The first-order chi connectivity index (χ1) is 10.2. The minimum atomic E-state index is -0.396. The highest BCUT2D eigenvalue weighted by molar-refractivity contribution is 5.86. The lowest BCUT2D eigenvalue weighted by Crippen LogP contribution is -2.38. The van der Waals surface area contributed by atoms with Crippen LogP contribution in [0.3, 0.4) is 0 Å². The van der Waals surface area contributed by atoms with Crippen molar-refractivity contribution in [1.29, 1.82) is 0 Å². The van der Waals surface area contributed by atoms with Gasteiger partial charge in [-0.3, -0.25) is 5.10 Å². The average Bonchev–Trinajstić information content (AvgIpc) is 3.08. The standard InChI is InChI=1S/C10H13NO.C5H6N2O2/c12-7-10-5-8-3-1-2-4-9(8)6-11-10;1-9-5(8)4-2-3-6-7-4/h1-4,10-12H,5-7H2;2-3H,1H3,(H,6,7). The van der Waals surface area contributed by atoms with E-state index in [1.807, 2.05) is 0 Å². The first kappa shape index (κ1) is 15.2. The second kappa shape index (κ2) is 7.56. The number of aliphatic hydroxyl groups is 1. The van der Waals surface area contributed by atoms with E-state index in [1.165, 1.54) is 24.4 Å². The van der Waals surface area contributed by atoms with Crippen LogP contribution in [0.1, 0.15) is 21.6 Å². The number of benzene rings is 1. The third-order valence-electron chi connectivity index (χ3n) is 3.29. The van der Waals surface area contributed by atoms with Crippen LogP contribution in [-0.2, 0) is 17.7 Å². The van der Waals surface area contributed by atoms with Gasteiger partial charge in [-0.1, -0.05) is 24.3 Å². The molecule has 1 aliphatic heterocycles. The van der Waals surface area contributed by atoms with Crippen LogP contribution in [0.4, 0.5) is 0 Å². The van der Waals surface area contributed by atoms with Gasteiger partial charge in [-0.25, -0.2) is 4.79 Å². The summed E-state index contributed by atoms with van der Waals surface area (Å²) in [4.78, 5) is 10.6. The molecule has 1 aromatic heterocycles. The highest BCUT2D eigenvalue weighted by atomic mass is 16.5. The fraction of sp³-hybridized carbons (Fsp3) is 0.333. The minimum Gasteiger partial charge on any atom is -0.464 e. The molecular weight excluding hydrogens is 270 g/mol. The number of aliphatic hydroxyl groups excluding tert-OH is 1. The number of nitrogens with one attached hydrogen (secondary N) is 2. The van der Waals surface area contributed by atoms with Crippen molar-refractivity contribution in [3.63, 3.8) is 0 Å². The normalized spacial score (nSPS) is 16.4. The number of rotatable bonds is 2. The van der Waals surface area contributed by atoms with E-state index in [1.54, 1.807) is 6.07 Å². The van der Waals surface area contributed by atoms with Crippen LogP contribution in [-0.4, -0.2) is 41.0 Å². The van der Waals surface area contributed by atoms with Gasteiger partial charge in [0.1, 0.15) is 5.69 Å². The second-order valence-corrected chi connectivity index (χ2v) is 4.70. The van der Waals surface area contributed by atoms with Crippen molar-refractivity contribution >= 4 is 5.97 Å². The molecule has 6 nitrogen and oxygen atoms in total. The van der Waals surface area contributed by atoms with Crippen LogP contribution < -0.4 is 5.32 Å². The van der Waals surface area contributed by atoms with Gasteiger partial charge in [0.15, 0.2) is 0 Å². The number of H-pyrrole nitrogens is 1. The third kappa shape index (κ3) is 4.14. The number of ether oxygens (including phenoxy) is 1. The van der Waals surface area contributed by atoms with E-state index >= 15 is 0 Å². The zero-order chi connectivity index (χ0) is 15.1. The van der Waals surface area contributed by atoms with E-state index in [-0.39, 0.29) is 12.6 Å². The number of aromatic amines is 1. The van der Waals surface area contributed by atoms with E-state index in [4.69, 9.17) is 5.11 Å². The van der Waals surface area contributed by atoms with Crippen molar-refractivity contribution in [3.8, 4) is 0 Å². The van der Waals surface area contributed by atoms with E-state index in [9.17, 15) is 4.79 Å². The summed E-state index contributed by atoms with van der Waals surface area (Å²) in [5, 5.41) is 18.3. The maximum atomic E-state index is 10.6. The molecule has 0 aliphatic carbocycles. The summed E-state index contributed by atoms with van der Waals surface area (Å²) in [5.41, 5.74) is 3.11. The molecule has 0 bridgehead atoms. The van der Waals surface area contributed by atoms with Gasteiger partial charge >= 0.3 is 5.97 Å². The Morgan fingerprint density at radius 2 is 2.14 bits per heavy atom. The molecule has 3 rings (SSSR count). The Hall–Kier alpha value is -2.18. The Bertz CT molecular complexity index is 569. The number of hydrogen-bond acceptors (Lipinski definition) is 5. The van der Waals surface area contributed by atoms with E-state index in [0.717, 1.165) is 13.0 Å². The number of esters is 1. The van der Waals surface area contributed by atoms with Crippen molar-refractivity contribution < 1.29 is 14.6 Å². The van der Waals surface area contributed by atoms with Gasteiger partial charge in [0, 0.05) is 18.8 Å². The van der Waals surface area contributed by atoms with Gasteiger partial charge in [0.2, 0.25) is 0 Å². The topological polar surface area (TPSA) is 87.2 Å². The van der Waals surface area contributed by atoms with Gasteiger partial charge in [0.25, 0.3) is 0 Å². The molecule has 0 radical (unpaired) electrons. The molecule has 1 atom stereocenters. The Labute approximate surface area is 123 Å². The zero-order valence-electron chi connectivity index (χ0n) is 11.9. The molecule has 0 amide bonds. The number of aromatic nitrogens is 2. The summed E-state index contributed by atoms with van der Waals surface area (Å²) in [6, 6.07) is 10.2. The summed E-state index contributed by atoms with van der Waals surface area (Å²) < 4.78 is 4.38. The lowest BCUT2D eigenvalue weighted by atomic mass is 9.96. The SMILES string of the molecule is COC(=O)c1ccn[nH]1.OCC1Cc2ccccc2CN1. The van der Waals surface area contributed by atoms with Gasteiger partial charge in [-0.05, 0) is 23.6 Å². The fourth-order valence-electron chi connectivity index (χ4n) is 2.13. The molecule has 0 spiro atoms. The minimum absolute atomic E-state index is 0.230. The Kier molecular flexibility index (Phi) is 5.48. The van der Waals surface area contributed by atoms with E-state index in [0.29, 0.717) is 5.69 Å². The van der Waals surface area contributed by atoms with Gasteiger partial charge in [-0.15, -0.1) is 0 Å². The van der Waals surface area contributed by atoms with Crippen LogP contribution in [0.2, 0.25) is 0 Å². The van der Waals surface area contributed by atoms with Crippen molar-refractivity contribution in [2.24, 2.45) is 0 Å². The smallest absolute Gasteiger partial charge is 0.356 e. The Morgan fingerprint density at radius 1 is 1.38 bits per heavy atom. The maximum absolute atomic E-state index is 10.6. The van der Waals surface area contributed by atoms with Crippen LogP contribution in [0.25, 0.3) is 0 Å². The number of nitrogens with zero attached hydrogens (tertiary/aromatic N) is 1. The van der Waals surface area contributed by atoms with Gasteiger partial charge < -0.3 is 15.2 Å². The maximum Gasteiger partial charge on any atom is 0.356 e. The van der Waals surface area contributed by atoms with Gasteiger partial charge in [0.05, 0.1) is 13.7 Å². The molecule has 1 unspecified atom stereocenters. The van der Waals surface area contributed by atoms with Crippen molar-refractivity contribution in [2.75, 3.05) is 13.7 Å². The number of carbonyl (C=O) groups is 1.